The molecule has 3 nitrogen and oxygen atoms in total. The van der Waals surface area contributed by atoms with Crippen LogP contribution in [-0.4, -0.2) is 12.5 Å². The van der Waals surface area contributed by atoms with Crippen LogP contribution in [0.4, 0.5) is 0 Å². The molecule has 0 saturated heterocycles. The van der Waals surface area contributed by atoms with Gasteiger partial charge in [0.15, 0.2) is 0 Å². The molecular weight excluding hydrogens is 164 g/mol. The minimum atomic E-state index is -0.451. The van der Waals surface area contributed by atoms with Crippen LogP contribution in [0.2, 0.25) is 0 Å². The van der Waals surface area contributed by atoms with Crippen LogP contribution in [0.25, 0.3) is 0 Å². The first kappa shape index (κ1) is 10.0. The van der Waals surface area contributed by atoms with Gasteiger partial charge in [0.05, 0.1) is 11.5 Å². The van der Waals surface area contributed by atoms with Crippen molar-refractivity contribution in [2.45, 2.75) is 27.2 Å². The van der Waals surface area contributed by atoms with E-state index in [1.165, 1.54) is 0 Å². The van der Waals surface area contributed by atoms with E-state index in [1.54, 1.807) is 0 Å². The smallest absolute Gasteiger partial charge is 0.223 e. The van der Waals surface area contributed by atoms with Crippen molar-refractivity contribution < 1.29 is 4.79 Å². The number of nitrogens with one attached hydrogen (secondary N) is 1. The maximum atomic E-state index is 11.4. The molecule has 0 radical (unpaired) electrons. The maximum Gasteiger partial charge on any atom is 0.223 e. The molecule has 0 heterocycles. The minimum Gasteiger partial charge on any atom is -0.354 e. The van der Waals surface area contributed by atoms with Crippen LogP contribution in [-0.2, 0) is 4.79 Å². The number of hydrogen-bond acceptors (Lipinski definition) is 2. The Morgan fingerprint density at radius 1 is 1.69 bits per heavy atom. The summed E-state index contributed by atoms with van der Waals surface area (Å²) in [5, 5.41) is 11.5. The summed E-state index contributed by atoms with van der Waals surface area (Å²) >= 11 is 0. The SMILES string of the molecule is CC1CC1C(=O)NCC(C)(C)C#N. The van der Waals surface area contributed by atoms with Gasteiger partial charge in [-0.3, -0.25) is 4.79 Å². The lowest BCUT2D eigenvalue weighted by atomic mass is 9.96. The Bertz CT molecular complexity index is 252. The van der Waals surface area contributed by atoms with Gasteiger partial charge in [0, 0.05) is 12.5 Å². The van der Waals surface area contributed by atoms with E-state index in [2.05, 4.69) is 18.3 Å². The van der Waals surface area contributed by atoms with Crippen molar-refractivity contribution >= 4 is 5.91 Å². The summed E-state index contributed by atoms with van der Waals surface area (Å²) in [6.07, 6.45) is 0.999. The molecule has 1 aliphatic carbocycles. The molecule has 1 aliphatic rings. The minimum absolute atomic E-state index is 0.107. The van der Waals surface area contributed by atoms with Crippen molar-refractivity contribution in [1.82, 2.24) is 5.32 Å². The van der Waals surface area contributed by atoms with E-state index < -0.39 is 5.41 Å². The largest absolute Gasteiger partial charge is 0.354 e. The molecule has 0 aromatic heterocycles. The molecule has 72 valence electrons. The number of carbonyl (C=O) groups is 1. The van der Waals surface area contributed by atoms with E-state index in [0.717, 1.165) is 6.42 Å². The Morgan fingerprint density at radius 3 is 2.62 bits per heavy atom. The number of nitrogens with zero attached hydrogens (tertiary/aromatic N) is 1. The molecule has 2 unspecified atom stereocenters. The molecule has 0 aromatic carbocycles. The van der Waals surface area contributed by atoms with Gasteiger partial charge in [-0.1, -0.05) is 6.92 Å². The fraction of sp³-hybridized carbons (Fsp3) is 0.800. The lowest BCUT2D eigenvalue weighted by Gasteiger charge is -2.15. The third-order valence-electron chi connectivity index (χ3n) is 2.45. The molecule has 0 bridgehead atoms. The number of amides is 1. The molecular formula is C10H16N2O. The Labute approximate surface area is 79.1 Å². The Hall–Kier alpha value is -1.04. The topological polar surface area (TPSA) is 52.9 Å². The van der Waals surface area contributed by atoms with Crippen LogP contribution >= 0.6 is 0 Å². The average Bonchev–Trinajstić information content (AvgIpc) is 2.79. The first-order valence-corrected chi connectivity index (χ1v) is 4.65. The number of hydrogen-bond donors (Lipinski definition) is 1. The van der Waals surface area contributed by atoms with Gasteiger partial charge in [0.25, 0.3) is 0 Å². The summed E-state index contributed by atoms with van der Waals surface area (Å²) in [5.41, 5.74) is -0.451. The molecule has 1 rings (SSSR count). The van der Waals surface area contributed by atoms with Crippen molar-refractivity contribution in [2.24, 2.45) is 17.3 Å². The fourth-order valence-corrected chi connectivity index (χ4v) is 1.17. The molecule has 0 aromatic rings. The third-order valence-corrected chi connectivity index (χ3v) is 2.45. The van der Waals surface area contributed by atoms with Crippen molar-refractivity contribution in [3.05, 3.63) is 0 Å². The second-order valence-corrected chi connectivity index (χ2v) is 4.53. The highest BCUT2D eigenvalue weighted by Gasteiger charge is 2.39. The third kappa shape index (κ3) is 2.73. The molecule has 1 fully saturated rings. The van der Waals surface area contributed by atoms with Gasteiger partial charge in [0.1, 0.15) is 0 Å². The van der Waals surface area contributed by atoms with Crippen LogP contribution in [0.5, 0.6) is 0 Å². The second-order valence-electron chi connectivity index (χ2n) is 4.53. The normalized spacial score (nSPS) is 26.3. The highest BCUT2D eigenvalue weighted by molar-refractivity contribution is 5.81. The maximum absolute atomic E-state index is 11.4. The predicted octanol–water partition coefficient (Wildman–Crippen LogP) is 1.31. The summed E-state index contributed by atoms with van der Waals surface area (Å²) in [4.78, 5) is 11.4. The van der Waals surface area contributed by atoms with Crippen LogP contribution in [0.3, 0.4) is 0 Å². The second kappa shape index (κ2) is 3.37. The van der Waals surface area contributed by atoms with Crippen LogP contribution < -0.4 is 5.32 Å². The van der Waals surface area contributed by atoms with E-state index in [1.807, 2.05) is 13.8 Å². The fourth-order valence-electron chi connectivity index (χ4n) is 1.17. The number of nitriles is 1. The summed E-state index contributed by atoms with van der Waals surface area (Å²) < 4.78 is 0. The van der Waals surface area contributed by atoms with Gasteiger partial charge in [-0.2, -0.15) is 5.26 Å². The van der Waals surface area contributed by atoms with Gasteiger partial charge in [-0.15, -0.1) is 0 Å². The Kier molecular flexibility index (Phi) is 2.60. The summed E-state index contributed by atoms with van der Waals surface area (Å²) in [6, 6.07) is 2.15. The molecule has 2 atom stereocenters. The van der Waals surface area contributed by atoms with Crippen molar-refractivity contribution in [3.8, 4) is 6.07 Å². The van der Waals surface area contributed by atoms with Crippen LogP contribution in [0.15, 0.2) is 0 Å². The van der Waals surface area contributed by atoms with Gasteiger partial charge < -0.3 is 5.32 Å². The molecule has 13 heavy (non-hydrogen) atoms. The lowest BCUT2D eigenvalue weighted by molar-refractivity contribution is -0.122. The van der Waals surface area contributed by atoms with Gasteiger partial charge in [-0.25, -0.2) is 0 Å². The standard InChI is InChI=1S/C10H16N2O/c1-7-4-8(7)9(13)12-6-10(2,3)5-11/h7-8H,4,6H2,1-3H3,(H,12,13). The highest BCUT2D eigenvalue weighted by Crippen LogP contribution is 2.37. The Balaban J connectivity index is 2.28. The van der Waals surface area contributed by atoms with Gasteiger partial charge in [-0.05, 0) is 26.2 Å². The number of rotatable bonds is 3. The van der Waals surface area contributed by atoms with Crippen LogP contribution in [0, 0.1) is 28.6 Å². The van der Waals surface area contributed by atoms with E-state index in [4.69, 9.17) is 5.26 Å². The molecule has 1 amide bonds. The van der Waals surface area contributed by atoms with E-state index >= 15 is 0 Å². The predicted molar refractivity (Wildman–Crippen MR) is 49.7 cm³/mol. The average molecular weight is 180 g/mol. The van der Waals surface area contributed by atoms with E-state index in [-0.39, 0.29) is 11.8 Å². The van der Waals surface area contributed by atoms with Crippen molar-refractivity contribution in [3.63, 3.8) is 0 Å². The summed E-state index contributed by atoms with van der Waals surface area (Å²) in [6.45, 7) is 6.17. The van der Waals surface area contributed by atoms with Crippen LogP contribution in [0.1, 0.15) is 27.2 Å². The molecule has 0 aliphatic heterocycles. The van der Waals surface area contributed by atoms with E-state index in [0.29, 0.717) is 12.5 Å². The summed E-state index contributed by atoms with van der Waals surface area (Å²) in [7, 11) is 0. The first-order valence-electron chi connectivity index (χ1n) is 4.65. The van der Waals surface area contributed by atoms with Gasteiger partial charge in [0.2, 0.25) is 5.91 Å². The van der Waals surface area contributed by atoms with E-state index in [9.17, 15) is 4.79 Å². The molecule has 1 saturated carbocycles. The molecule has 1 N–H and O–H groups in total. The molecule has 0 spiro atoms. The van der Waals surface area contributed by atoms with Crippen molar-refractivity contribution in [1.29, 1.82) is 5.26 Å². The monoisotopic (exact) mass is 180 g/mol. The Morgan fingerprint density at radius 2 is 2.23 bits per heavy atom. The first-order chi connectivity index (χ1) is 5.96. The highest BCUT2D eigenvalue weighted by atomic mass is 16.2. The quantitative estimate of drug-likeness (QED) is 0.712. The van der Waals surface area contributed by atoms with Crippen molar-refractivity contribution in [2.75, 3.05) is 6.54 Å². The zero-order valence-corrected chi connectivity index (χ0v) is 8.42. The zero-order chi connectivity index (χ0) is 10.1. The van der Waals surface area contributed by atoms with Gasteiger partial charge >= 0.3 is 0 Å². The summed E-state index contributed by atoms with van der Waals surface area (Å²) in [5.74, 6) is 0.843. The molecule has 3 heteroatoms. The lowest BCUT2D eigenvalue weighted by Crippen LogP contribution is -2.34. The zero-order valence-electron chi connectivity index (χ0n) is 8.42. The number of carbonyl (C=O) groups excluding carboxylic acids is 1.